The minimum atomic E-state index is -0.0230. The molecule has 1 aromatic carbocycles. The molecule has 0 spiro atoms. The third-order valence-electron chi connectivity index (χ3n) is 2.90. The molecule has 2 unspecified atom stereocenters. The van der Waals surface area contributed by atoms with Crippen LogP contribution in [0.15, 0.2) is 18.2 Å². The van der Waals surface area contributed by atoms with Crippen molar-refractivity contribution in [3.8, 4) is 11.5 Å². The lowest BCUT2D eigenvalue weighted by Crippen LogP contribution is -2.24. The molecule has 0 amide bonds. The highest BCUT2D eigenvalue weighted by Gasteiger charge is 2.32. The van der Waals surface area contributed by atoms with Gasteiger partial charge in [-0.2, -0.15) is 0 Å². The van der Waals surface area contributed by atoms with Gasteiger partial charge in [0.15, 0.2) is 11.5 Å². The zero-order chi connectivity index (χ0) is 11.5. The van der Waals surface area contributed by atoms with Crippen LogP contribution in [0, 0.1) is 0 Å². The lowest BCUT2D eigenvalue weighted by atomic mass is 10.0. The average Bonchev–Trinajstić information content (AvgIpc) is 2.64. The molecule has 3 nitrogen and oxygen atoms in total. The van der Waals surface area contributed by atoms with E-state index in [0.717, 1.165) is 29.9 Å². The van der Waals surface area contributed by atoms with E-state index in [0.29, 0.717) is 6.61 Å². The Kier molecular flexibility index (Phi) is 3.34. The van der Waals surface area contributed by atoms with Crippen molar-refractivity contribution in [2.24, 2.45) is 5.73 Å². The molecule has 1 aliphatic rings. The summed E-state index contributed by atoms with van der Waals surface area (Å²) in [6.45, 7) is 4.89. The molecule has 3 heteroatoms. The Morgan fingerprint density at radius 3 is 2.88 bits per heavy atom. The Morgan fingerprint density at radius 1 is 1.38 bits per heavy atom. The summed E-state index contributed by atoms with van der Waals surface area (Å²) in [4.78, 5) is 0. The number of rotatable bonds is 4. The fourth-order valence-corrected chi connectivity index (χ4v) is 2.01. The highest BCUT2D eigenvalue weighted by molar-refractivity contribution is 5.51. The van der Waals surface area contributed by atoms with E-state index in [2.05, 4.69) is 13.8 Å². The van der Waals surface area contributed by atoms with Crippen molar-refractivity contribution in [1.82, 2.24) is 0 Å². The molecule has 0 aliphatic carbocycles. The summed E-state index contributed by atoms with van der Waals surface area (Å²) in [5, 5.41) is 0. The molecule has 88 valence electrons. The predicted molar refractivity (Wildman–Crippen MR) is 63.9 cm³/mol. The molecule has 1 aliphatic heterocycles. The van der Waals surface area contributed by atoms with Crippen LogP contribution in [0.4, 0.5) is 0 Å². The average molecular weight is 221 g/mol. The topological polar surface area (TPSA) is 44.5 Å². The van der Waals surface area contributed by atoms with Crippen LogP contribution in [-0.2, 0) is 0 Å². The minimum absolute atomic E-state index is 0.0230. The first-order chi connectivity index (χ1) is 7.77. The van der Waals surface area contributed by atoms with Crippen molar-refractivity contribution in [2.75, 3.05) is 6.61 Å². The first-order valence-corrected chi connectivity index (χ1v) is 5.95. The zero-order valence-electron chi connectivity index (χ0n) is 9.90. The Balaban J connectivity index is 2.26. The van der Waals surface area contributed by atoms with Gasteiger partial charge in [0.05, 0.1) is 12.6 Å². The van der Waals surface area contributed by atoms with Crippen molar-refractivity contribution in [1.29, 1.82) is 0 Å². The van der Waals surface area contributed by atoms with Gasteiger partial charge in [0.25, 0.3) is 0 Å². The quantitative estimate of drug-likeness (QED) is 0.850. The molecule has 1 aromatic rings. The first kappa shape index (κ1) is 11.3. The van der Waals surface area contributed by atoms with Crippen LogP contribution in [-0.4, -0.2) is 12.7 Å². The van der Waals surface area contributed by atoms with Crippen molar-refractivity contribution in [3.63, 3.8) is 0 Å². The summed E-state index contributed by atoms with van der Waals surface area (Å²) >= 11 is 0. The summed E-state index contributed by atoms with van der Waals surface area (Å²) in [6, 6.07) is 5.92. The number of hydrogen-bond donors (Lipinski definition) is 1. The van der Waals surface area contributed by atoms with Crippen molar-refractivity contribution in [3.05, 3.63) is 23.8 Å². The number of ether oxygens (including phenoxy) is 2. The maximum absolute atomic E-state index is 6.12. The van der Waals surface area contributed by atoms with Crippen LogP contribution in [0.1, 0.15) is 38.3 Å². The second kappa shape index (κ2) is 4.74. The Hall–Kier alpha value is -1.22. The maximum Gasteiger partial charge on any atom is 0.166 e. The van der Waals surface area contributed by atoms with Gasteiger partial charge in [-0.1, -0.05) is 26.0 Å². The van der Waals surface area contributed by atoms with Gasteiger partial charge in [-0.15, -0.1) is 0 Å². The van der Waals surface area contributed by atoms with E-state index in [1.54, 1.807) is 0 Å². The van der Waals surface area contributed by atoms with E-state index < -0.39 is 0 Å². The first-order valence-electron chi connectivity index (χ1n) is 5.95. The molecule has 0 bridgehead atoms. The molecule has 2 rings (SSSR count). The molecule has 0 radical (unpaired) electrons. The van der Waals surface area contributed by atoms with Crippen molar-refractivity contribution >= 4 is 0 Å². The lowest BCUT2D eigenvalue weighted by molar-refractivity contribution is 0.192. The van der Waals surface area contributed by atoms with Crippen LogP contribution >= 0.6 is 0 Å². The number of benzene rings is 1. The summed E-state index contributed by atoms with van der Waals surface area (Å²) in [5.41, 5.74) is 7.19. The van der Waals surface area contributed by atoms with E-state index in [-0.39, 0.29) is 12.1 Å². The van der Waals surface area contributed by atoms with E-state index in [1.165, 1.54) is 0 Å². The van der Waals surface area contributed by atoms with Gasteiger partial charge in [0.1, 0.15) is 6.10 Å². The SMILES string of the molecule is CCCOc1cccc2c1OC(CC)C2N. The Morgan fingerprint density at radius 2 is 2.19 bits per heavy atom. The Bertz CT molecular complexity index is 365. The third kappa shape index (κ3) is 1.87. The van der Waals surface area contributed by atoms with E-state index in [9.17, 15) is 0 Å². The molecule has 0 saturated carbocycles. The summed E-state index contributed by atoms with van der Waals surface area (Å²) < 4.78 is 11.5. The number of fused-ring (bicyclic) bond motifs is 1. The van der Waals surface area contributed by atoms with Crippen molar-refractivity contribution < 1.29 is 9.47 Å². The normalized spacial score (nSPS) is 22.7. The standard InChI is InChI=1S/C13H19NO2/c1-3-8-15-11-7-5-6-9-12(14)10(4-2)16-13(9)11/h5-7,10,12H,3-4,8,14H2,1-2H3. The number of para-hydroxylation sites is 1. The highest BCUT2D eigenvalue weighted by Crippen LogP contribution is 2.42. The lowest BCUT2D eigenvalue weighted by Gasteiger charge is -2.12. The second-order valence-corrected chi connectivity index (χ2v) is 4.11. The van der Waals surface area contributed by atoms with Gasteiger partial charge in [-0.3, -0.25) is 0 Å². The molecular formula is C13H19NO2. The molecule has 1 heterocycles. The maximum atomic E-state index is 6.12. The molecule has 16 heavy (non-hydrogen) atoms. The third-order valence-corrected chi connectivity index (χ3v) is 2.90. The second-order valence-electron chi connectivity index (χ2n) is 4.11. The fourth-order valence-electron chi connectivity index (χ4n) is 2.01. The minimum Gasteiger partial charge on any atom is -0.490 e. The van der Waals surface area contributed by atoms with E-state index >= 15 is 0 Å². The fraction of sp³-hybridized carbons (Fsp3) is 0.538. The van der Waals surface area contributed by atoms with Crippen LogP contribution < -0.4 is 15.2 Å². The number of nitrogens with two attached hydrogens (primary N) is 1. The Labute approximate surface area is 96.5 Å². The summed E-state index contributed by atoms with van der Waals surface area (Å²) in [6.07, 6.45) is 2.00. The molecule has 0 fully saturated rings. The zero-order valence-corrected chi connectivity index (χ0v) is 9.90. The smallest absolute Gasteiger partial charge is 0.166 e. The molecule has 2 atom stereocenters. The summed E-state index contributed by atoms with van der Waals surface area (Å²) in [5.74, 6) is 1.67. The molecule has 0 aromatic heterocycles. The molecule has 2 N–H and O–H groups in total. The monoisotopic (exact) mass is 221 g/mol. The number of hydrogen-bond acceptors (Lipinski definition) is 3. The van der Waals surface area contributed by atoms with Crippen LogP contribution in [0.3, 0.4) is 0 Å². The predicted octanol–water partition coefficient (Wildman–Crippen LogP) is 2.65. The summed E-state index contributed by atoms with van der Waals surface area (Å²) in [7, 11) is 0. The van der Waals surface area contributed by atoms with Gasteiger partial charge in [0, 0.05) is 5.56 Å². The van der Waals surface area contributed by atoms with Gasteiger partial charge in [-0.05, 0) is 18.9 Å². The van der Waals surface area contributed by atoms with Gasteiger partial charge >= 0.3 is 0 Å². The molecule has 0 saturated heterocycles. The van der Waals surface area contributed by atoms with E-state index in [1.807, 2.05) is 18.2 Å². The largest absolute Gasteiger partial charge is 0.490 e. The van der Waals surface area contributed by atoms with Gasteiger partial charge in [-0.25, -0.2) is 0 Å². The van der Waals surface area contributed by atoms with Crippen LogP contribution in [0.25, 0.3) is 0 Å². The molecular weight excluding hydrogens is 202 g/mol. The van der Waals surface area contributed by atoms with Gasteiger partial charge in [0.2, 0.25) is 0 Å². The van der Waals surface area contributed by atoms with Crippen molar-refractivity contribution in [2.45, 2.75) is 38.8 Å². The highest BCUT2D eigenvalue weighted by atomic mass is 16.5. The van der Waals surface area contributed by atoms with E-state index in [4.69, 9.17) is 15.2 Å². The van der Waals surface area contributed by atoms with Crippen LogP contribution in [0.2, 0.25) is 0 Å². The van der Waals surface area contributed by atoms with Gasteiger partial charge < -0.3 is 15.2 Å². The van der Waals surface area contributed by atoms with Crippen LogP contribution in [0.5, 0.6) is 11.5 Å².